The SMILES string of the molecule is CC(C)(C)c1ccc(Oc2cccc(N)c2[N+](=O)[O-])cc1. The molecule has 0 amide bonds. The lowest BCUT2D eigenvalue weighted by Gasteiger charge is -2.19. The molecule has 5 nitrogen and oxygen atoms in total. The van der Waals surface area contributed by atoms with Gasteiger partial charge in [0.15, 0.2) is 0 Å². The van der Waals surface area contributed by atoms with Crippen LogP contribution < -0.4 is 10.5 Å². The fraction of sp³-hybridized carbons (Fsp3) is 0.250. The average Bonchev–Trinajstić information content (AvgIpc) is 2.38. The number of ether oxygens (including phenoxy) is 1. The Morgan fingerprint density at radius 1 is 1.10 bits per heavy atom. The van der Waals surface area contributed by atoms with Crippen molar-refractivity contribution < 1.29 is 9.66 Å². The van der Waals surface area contributed by atoms with Crippen LogP contribution in [0.3, 0.4) is 0 Å². The number of benzene rings is 2. The first kappa shape index (κ1) is 14.8. The van der Waals surface area contributed by atoms with Crippen LogP contribution >= 0.6 is 0 Å². The Labute approximate surface area is 123 Å². The first-order chi connectivity index (χ1) is 9.79. The molecule has 0 radical (unpaired) electrons. The Balaban J connectivity index is 2.31. The molecule has 0 unspecified atom stereocenters. The standard InChI is InChI=1S/C16H18N2O3/c1-16(2,3)11-7-9-12(10-8-11)21-14-6-4-5-13(17)15(14)18(19)20/h4-10H,17H2,1-3H3. The highest BCUT2D eigenvalue weighted by Crippen LogP contribution is 2.36. The molecule has 0 heterocycles. The van der Waals surface area contributed by atoms with E-state index in [2.05, 4.69) is 20.8 Å². The van der Waals surface area contributed by atoms with Gasteiger partial charge in [-0.25, -0.2) is 0 Å². The highest BCUT2D eigenvalue weighted by molar-refractivity contribution is 5.66. The summed E-state index contributed by atoms with van der Waals surface area (Å²) in [5.41, 5.74) is 6.72. The van der Waals surface area contributed by atoms with E-state index in [4.69, 9.17) is 10.5 Å². The smallest absolute Gasteiger partial charge is 0.334 e. The second kappa shape index (κ2) is 5.44. The molecule has 0 spiro atoms. The van der Waals surface area contributed by atoms with Gasteiger partial charge in [0, 0.05) is 0 Å². The van der Waals surface area contributed by atoms with Crippen molar-refractivity contribution in [2.75, 3.05) is 5.73 Å². The number of hydrogen-bond acceptors (Lipinski definition) is 4. The minimum Gasteiger partial charge on any atom is -0.450 e. The third-order valence-electron chi connectivity index (χ3n) is 3.16. The van der Waals surface area contributed by atoms with Crippen LogP contribution in [0.4, 0.5) is 11.4 Å². The molecule has 21 heavy (non-hydrogen) atoms. The van der Waals surface area contributed by atoms with Crippen LogP contribution in [0.5, 0.6) is 11.5 Å². The number of rotatable bonds is 3. The van der Waals surface area contributed by atoms with Crippen LogP contribution in [-0.2, 0) is 5.41 Å². The normalized spacial score (nSPS) is 11.2. The molecule has 2 rings (SSSR count). The van der Waals surface area contributed by atoms with Gasteiger partial charge in [-0.15, -0.1) is 0 Å². The second-order valence-corrected chi connectivity index (χ2v) is 5.83. The van der Waals surface area contributed by atoms with E-state index in [0.29, 0.717) is 5.75 Å². The Morgan fingerprint density at radius 3 is 2.24 bits per heavy atom. The summed E-state index contributed by atoms with van der Waals surface area (Å²) in [6, 6.07) is 12.1. The summed E-state index contributed by atoms with van der Waals surface area (Å²) in [5, 5.41) is 11.1. The lowest BCUT2D eigenvalue weighted by Crippen LogP contribution is -2.10. The van der Waals surface area contributed by atoms with Crippen molar-refractivity contribution >= 4 is 11.4 Å². The molecule has 0 bridgehead atoms. The molecule has 0 atom stereocenters. The van der Waals surface area contributed by atoms with Crippen LogP contribution in [0.15, 0.2) is 42.5 Å². The molecule has 5 heteroatoms. The zero-order valence-electron chi connectivity index (χ0n) is 12.3. The Bertz CT molecular complexity index is 658. The van der Waals surface area contributed by atoms with E-state index in [1.807, 2.05) is 12.1 Å². The largest absolute Gasteiger partial charge is 0.450 e. The van der Waals surface area contributed by atoms with Crippen molar-refractivity contribution in [2.24, 2.45) is 0 Å². The zero-order chi connectivity index (χ0) is 15.6. The van der Waals surface area contributed by atoms with Gasteiger partial charge in [0.2, 0.25) is 5.75 Å². The quantitative estimate of drug-likeness (QED) is 0.519. The van der Waals surface area contributed by atoms with Gasteiger partial charge in [0.25, 0.3) is 0 Å². The fourth-order valence-corrected chi connectivity index (χ4v) is 1.97. The van der Waals surface area contributed by atoms with Gasteiger partial charge in [-0.05, 0) is 35.2 Å². The molecule has 0 aliphatic carbocycles. The molecule has 2 N–H and O–H groups in total. The molecule has 2 aromatic rings. The number of nitro groups is 1. The van der Waals surface area contributed by atoms with Crippen molar-refractivity contribution in [3.05, 3.63) is 58.1 Å². The van der Waals surface area contributed by atoms with Gasteiger partial charge in [-0.3, -0.25) is 10.1 Å². The van der Waals surface area contributed by atoms with E-state index in [0.717, 1.165) is 5.56 Å². The van der Waals surface area contributed by atoms with E-state index in [9.17, 15) is 10.1 Å². The molecule has 0 aromatic heterocycles. The zero-order valence-corrected chi connectivity index (χ0v) is 12.3. The molecule has 110 valence electrons. The lowest BCUT2D eigenvalue weighted by atomic mass is 9.87. The first-order valence-electron chi connectivity index (χ1n) is 6.60. The highest BCUT2D eigenvalue weighted by atomic mass is 16.6. The maximum atomic E-state index is 11.1. The van der Waals surface area contributed by atoms with Crippen molar-refractivity contribution in [2.45, 2.75) is 26.2 Å². The van der Waals surface area contributed by atoms with Crippen LogP contribution in [0.1, 0.15) is 26.3 Å². The van der Waals surface area contributed by atoms with Gasteiger partial charge in [0.1, 0.15) is 11.4 Å². The van der Waals surface area contributed by atoms with Gasteiger partial charge < -0.3 is 10.5 Å². The average molecular weight is 286 g/mol. The number of para-hydroxylation sites is 1. The molecule has 0 aliphatic heterocycles. The summed E-state index contributed by atoms with van der Waals surface area (Å²) in [4.78, 5) is 10.5. The fourth-order valence-electron chi connectivity index (χ4n) is 1.97. The number of anilines is 1. The Hall–Kier alpha value is -2.56. The lowest BCUT2D eigenvalue weighted by molar-refractivity contribution is -0.384. The molecule has 0 fully saturated rings. The summed E-state index contributed by atoms with van der Waals surface area (Å²) >= 11 is 0. The Morgan fingerprint density at radius 2 is 1.71 bits per heavy atom. The maximum absolute atomic E-state index is 11.1. The Kier molecular flexibility index (Phi) is 3.84. The van der Waals surface area contributed by atoms with Gasteiger partial charge in [0.05, 0.1) is 4.92 Å². The molecule has 0 saturated heterocycles. The second-order valence-electron chi connectivity index (χ2n) is 5.83. The van der Waals surface area contributed by atoms with Crippen LogP contribution in [-0.4, -0.2) is 4.92 Å². The van der Waals surface area contributed by atoms with Crippen molar-refractivity contribution in [3.8, 4) is 11.5 Å². The molecule has 0 saturated carbocycles. The molecular weight excluding hydrogens is 268 g/mol. The third kappa shape index (κ3) is 3.31. The van der Waals surface area contributed by atoms with Crippen LogP contribution in [0, 0.1) is 10.1 Å². The predicted molar refractivity (Wildman–Crippen MR) is 82.7 cm³/mol. The van der Waals surface area contributed by atoms with Crippen molar-refractivity contribution in [3.63, 3.8) is 0 Å². The number of nitro benzene ring substituents is 1. The van der Waals surface area contributed by atoms with E-state index in [-0.39, 0.29) is 22.5 Å². The highest BCUT2D eigenvalue weighted by Gasteiger charge is 2.20. The van der Waals surface area contributed by atoms with E-state index in [1.54, 1.807) is 18.2 Å². The summed E-state index contributed by atoms with van der Waals surface area (Å²) in [6.45, 7) is 6.35. The van der Waals surface area contributed by atoms with Gasteiger partial charge in [-0.2, -0.15) is 0 Å². The minimum atomic E-state index is -0.534. The third-order valence-corrected chi connectivity index (χ3v) is 3.16. The summed E-state index contributed by atoms with van der Waals surface area (Å²) in [7, 11) is 0. The van der Waals surface area contributed by atoms with Crippen molar-refractivity contribution in [1.29, 1.82) is 0 Å². The molecule has 0 aliphatic rings. The monoisotopic (exact) mass is 286 g/mol. The van der Waals surface area contributed by atoms with Crippen LogP contribution in [0.2, 0.25) is 0 Å². The first-order valence-corrected chi connectivity index (χ1v) is 6.60. The van der Waals surface area contributed by atoms with Gasteiger partial charge in [-0.1, -0.05) is 39.0 Å². The van der Waals surface area contributed by atoms with E-state index >= 15 is 0 Å². The molecular formula is C16H18N2O3. The topological polar surface area (TPSA) is 78.4 Å². The van der Waals surface area contributed by atoms with Gasteiger partial charge >= 0.3 is 5.69 Å². The minimum absolute atomic E-state index is 0.0434. The molecule has 2 aromatic carbocycles. The number of hydrogen-bond donors (Lipinski definition) is 1. The summed E-state index contributed by atoms with van der Waals surface area (Å²) in [6.07, 6.45) is 0. The summed E-state index contributed by atoms with van der Waals surface area (Å²) < 4.78 is 5.60. The summed E-state index contributed by atoms with van der Waals surface area (Å²) in [5.74, 6) is 0.681. The predicted octanol–water partition coefficient (Wildman–Crippen LogP) is 4.27. The number of nitrogens with zero attached hydrogens (tertiary/aromatic N) is 1. The van der Waals surface area contributed by atoms with E-state index < -0.39 is 4.92 Å². The maximum Gasteiger partial charge on any atom is 0.334 e. The number of nitrogens with two attached hydrogens (primary N) is 1. The number of nitrogen functional groups attached to an aromatic ring is 1. The van der Waals surface area contributed by atoms with E-state index in [1.165, 1.54) is 12.1 Å². The van der Waals surface area contributed by atoms with Crippen LogP contribution in [0.25, 0.3) is 0 Å². The van der Waals surface area contributed by atoms with Crippen molar-refractivity contribution in [1.82, 2.24) is 0 Å².